The number of hydrogen-bond acceptors (Lipinski definition) is 2. The Bertz CT molecular complexity index is 362. The van der Waals surface area contributed by atoms with Crippen LogP contribution in [-0.2, 0) is 5.60 Å². The number of pyridine rings is 1. The van der Waals surface area contributed by atoms with Crippen molar-refractivity contribution >= 4 is 0 Å². The van der Waals surface area contributed by atoms with E-state index in [1.54, 1.807) is 0 Å². The Kier molecular flexibility index (Phi) is 2.69. The number of aromatic nitrogens is 1. The van der Waals surface area contributed by atoms with Gasteiger partial charge < -0.3 is 5.11 Å². The maximum Gasteiger partial charge on any atom is 0.213 e. The summed E-state index contributed by atoms with van der Waals surface area (Å²) < 4.78 is 26.3. The molecule has 0 bridgehead atoms. The van der Waals surface area contributed by atoms with Crippen LogP contribution in [0.5, 0.6) is 0 Å². The normalized spacial score (nSPS) is 20.2. The second-order valence-electron chi connectivity index (χ2n) is 4.08. The molecule has 1 heterocycles. The van der Waals surface area contributed by atoms with Gasteiger partial charge in [0.15, 0.2) is 0 Å². The first kappa shape index (κ1) is 10.5. The summed E-state index contributed by atoms with van der Waals surface area (Å²) in [6.07, 6.45) is 4.55. The van der Waals surface area contributed by atoms with E-state index < -0.39 is 17.4 Å². The van der Waals surface area contributed by atoms with Crippen molar-refractivity contribution in [1.82, 2.24) is 4.98 Å². The monoisotopic (exact) mass is 213 g/mol. The molecule has 0 amide bonds. The Balaban J connectivity index is 2.38. The third-order valence-electron chi connectivity index (χ3n) is 3.00. The van der Waals surface area contributed by atoms with Gasteiger partial charge in [-0.3, -0.25) is 0 Å². The van der Waals surface area contributed by atoms with Gasteiger partial charge in [0.2, 0.25) is 5.95 Å². The van der Waals surface area contributed by atoms with Gasteiger partial charge in [-0.15, -0.1) is 0 Å². The Hall–Kier alpha value is -1.03. The number of hydrogen-bond donors (Lipinski definition) is 1. The molecule has 0 aromatic carbocycles. The molecule has 1 fully saturated rings. The fourth-order valence-corrected chi connectivity index (χ4v) is 2.18. The van der Waals surface area contributed by atoms with Crippen LogP contribution in [0.1, 0.15) is 37.7 Å². The van der Waals surface area contributed by atoms with Crippen LogP contribution in [0.25, 0.3) is 0 Å². The molecule has 1 aromatic rings. The molecule has 0 radical (unpaired) electrons. The minimum Gasteiger partial charge on any atom is -0.385 e. The van der Waals surface area contributed by atoms with Gasteiger partial charge in [-0.2, -0.15) is 4.39 Å². The molecule has 1 aliphatic carbocycles. The fraction of sp³-hybridized carbons (Fsp3) is 0.545. The molecule has 0 spiro atoms. The van der Waals surface area contributed by atoms with Gasteiger partial charge in [0.1, 0.15) is 5.82 Å². The first-order valence-electron chi connectivity index (χ1n) is 5.16. The quantitative estimate of drug-likeness (QED) is 0.727. The summed E-state index contributed by atoms with van der Waals surface area (Å²) in [7, 11) is 0. The van der Waals surface area contributed by atoms with Crippen LogP contribution in [0, 0.1) is 11.8 Å². The number of aliphatic hydroxyl groups is 1. The molecule has 0 saturated heterocycles. The fourth-order valence-electron chi connectivity index (χ4n) is 2.18. The predicted octanol–water partition coefficient (Wildman–Crippen LogP) is 2.51. The Morgan fingerprint density at radius 2 is 1.87 bits per heavy atom. The smallest absolute Gasteiger partial charge is 0.213 e. The average Bonchev–Trinajstić information content (AvgIpc) is 2.23. The van der Waals surface area contributed by atoms with Crippen LogP contribution < -0.4 is 0 Å². The van der Waals surface area contributed by atoms with Crippen molar-refractivity contribution in [1.29, 1.82) is 0 Å². The minimum atomic E-state index is -1.20. The summed E-state index contributed by atoms with van der Waals surface area (Å²) in [5.74, 6) is -1.37. The van der Waals surface area contributed by atoms with E-state index in [4.69, 9.17) is 0 Å². The summed E-state index contributed by atoms with van der Waals surface area (Å²) in [6.45, 7) is 0. The van der Waals surface area contributed by atoms with Gasteiger partial charge in [0.05, 0.1) is 11.8 Å². The van der Waals surface area contributed by atoms with Gasteiger partial charge >= 0.3 is 0 Å². The average molecular weight is 213 g/mol. The van der Waals surface area contributed by atoms with Gasteiger partial charge in [0.25, 0.3) is 0 Å². The van der Waals surface area contributed by atoms with Crippen molar-refractivity contribution in [2.45, 2.75) is 37.7 Å². The zero-order chi connectivity index (χ0) is 10.9. The molecule has 2 nitrogen and oxygen atoms in total. The predicted molar refractivity (Wildman–Crippen MR) is 51.1 cm³/mol. The highest BCUT2D eigenvalue weighted by molar-refractivity contribution is 5.22. The molecule has 1 N–H and O–H groups in total. The molecule has 0 unspecified atom stereocenters. The lowest BCUT2D eigenvalue weighted by molar-refractivity contribution is -0.00420. The van der Waals surface area contributed by atoms with E-state index in [1.807, 2.05) is 0 Å². The van der Waals surface area contributed by atoms with Gasteiger partial charge in [0, 0.05) is 11.6 Å². The first-order valence-corrected chi connectivity index (χ1v) is 5.16. The molecule has 4 heteroatoms. The second-order valence-corrected chi connectivity index (χ2v) is 4.08. The molecular formula is C11H13F2NO. The summed E-state index contributed by atoms with van der Waals surface area (Å²) in [6, 6.07) is 1.00. The van der Waals surface area contributed by atoms with E-state index in [-0.39, 0.29) is 5.56 Å². The van der Waals surface area contributed by atoms with Crippen molar-refractivity contribution in [2.24, 2.45) is 0 Å². The second kappa shape index (κ2) is 3.85. The lowest BCUT2D eigenvalue weighted by Gasteiger charge is -2.32. The molecule has 1 aromatic heterocycles. The van der Waals surface area contributed by atoms with Gasteiger partial charge in [-0.05, 0) is 12.8 Å². The van der Waals surface area contributed by atoms with Crippen LogP contribution in [0.15, 0.2) is 12.3 Å². The van der Waals surface area contributed by atoms with Crippen molar-refractivity contribution in [2.75, 3.05) is 0 Å². The number of halogens is 2. The largest absolute Gasteiger partial charge is 0.385 e. The van der Waals surface area contributed by atoms with Crippen molar-refractivity contribution in [3.05, 3.63) is 29.6 Å². The minimum absolute atomic E-state index is 0.0506. The highest BCUT2D eigenvalue weighted by atomic mass is 19.1. The Morgan fingerprint density at radius 3 is 2.53 bits per heavy atom. The first-order chi connectivity index (χ1) is 7.12. The number of rotatable bonds is 1. The zero-order valence-corrected chi connectivity index (χ0v) is 8.34. The van der Waals surface area contributed by atoms with Crippen LogP contribution >= 0.6 is 0 Å². The molecule has 1 aliphatic rings. The van der Waals surface area contributed by atoms with E-state index in [9.17, 15) is 13.9 Å². The molecule has 0 aliphatic heterocycles. The summed E-state index contributed by atoms with van der Waals surface area (Å²) in [5.41, 5.74) is -1.15. The topological polar surface area (TPSA) is 33.1 Å². The lowest BCUT2D eigenvalue weighted by Crippen LogP contribution is -2.29. The number of nitrogens with zero attached hydrogens (tertiary/aromatic N) is 1. The van der Waals surface area contributed by atoms with E-state index in [0.29, 0.717) is 12.8 Å². The van der Waals surface area contributed by atoms with E-state index in [2.05, 4.69) is 4.98 Å². The lowest BCUT2D eigenvalue weighted by atomic mass is 9.80. The molecule has 0 atom stereocenters. The highest BCUT2D eigenvalue weighted by Crippen LogP contribution is 2.37. The third kappa shape index (κ3) is 2.00. The van der Waals surface area contributed by atoms with Crippen LogP contribution in [0.2, 0.25) is 0 Å². The van der Waals surface area contributed by atoms with E-state index in [0.717, 1.165) is 31.5 Å². The highest BCUT2D eigenvalue weighted by Gasteiger charge is 2.34. The van der Waals surface area contributed by atoms with E-state index in [1.165, 1.54) is 0 Å². The molecule has 15 heavy (non-hydrogen) atoms. The maximum absolute atomic E-state index is 13.4. The Labute approximate surface area is 87.0 Å². The van der Waals surface area contributed by atoms with Crippen LogP contribution in [0.3, 0.4) is 0 Å². The SMILES string of the molecule is OC1(c2cc(F)ncc2F)CCCCC1. The van der Waals surface area contributed by atoms with Crippen LogP contribution in [-0.4, -0.2) is 10.1 Å². The molecule has 1 saturated carbocycles. The molecular weight excluding hydrogens is 200 g/mol. The van der Waals surface area contributed by atoms with Crippen molar-refractivity contribution in [3.63, 3.8) is 0 Å². The molecule has 82 valence electrons. The van der Waals surface area contributed by atoms with Crippen molar-refractivity contribution < 1.29 is 13.9 Å². The summed E-state index contributed by atoms with van der Waals surface area (Å²) in [5, 5.41) is 10.2. The van der Waals surface area contributed by atoms with Gasteiger partial charge in [-0.1, -0.05) is 19.3 Å². The standard InChI is InChI=1S/C11H13F2NO/c12-9-7-14-10(13)6-8(9)11(15)4-2-1-3-5-11/h6-7,15H,1-5H2. The van der Waals surface area contributed by atoms with Crippen LogP contribution in [0.4, 0.5) is 8.78 Å². The third-order valence-corrected chi connectivity index (χ3v) is 3.00. The van der Waals surface area contributed by atoms with E-state index >= 15 is 0 Å². The Morgan fingerprint density at radius 1 is 1.20 bits per heavy atom. The summed E-state index contributed by atoms with van der Waals surface area (Å²) in [4.78, 5) is 3.21. The zero-order valence-electron chi connectivity index (χ0n) is 8.34. The summed E-state index contributed by atoms with van der Waals surface area (Å²) >= 11 is 0. The van der Waals surface area contributed by atoms with Crippen molar-refractivity contribution in [3.8, 4) is 0 Å². The molecule has 2 rings (SSSR count). The van der Waals surface area contributed by atoms with Gasteiger partial charge in [-0.25, -0.2) is 9.37 Å². The maximum atomic E-state index is 13.4.